The van der Waals surface area contributed by atoms with Gasteiger partial charge in [-0.05, 0) is 72.8 Å². The third kappa shape index (κ3) is 4.07. The largest absolute Gasteiger partial charge is 0.354 e. The summed E-state index contributed by atoms with van der Waals surface area (Å²) in [6, 6.07) is 9.65. The molecule has 0 unspecified atom stereocenters. The zero-order valence-corrected chi connectivity index (χ0v) is 17.3. The van der Waals surface area contributed by atoms with Crippen LogP contribution in [-0.4, -0.2) is 20.9 Å². The molecule has 3 rings (SSSR count). The van der Waals surface area contributed by atoms with E-state index in [0.29, 0.717) is 10.7 Å². The van der Waals surface area contributed by atoms with Crippen LogP contribution in [0.15, 0.2) is 36.4 Å². The van der Waals surface area contributed by atoms with E-state index in [1.165, 1.54) is 16.2 Å². The first-order valence-electron chi connectivity index (χ1n) is 7.84. The summed E-state index contributed by atoms with van der Waals surface area (Å²) >= 11 is 8.38. The highest BCUT2D eigenvalue weighted by Crippen LogP contribution is 2.31. The number of hydrogen-bond acceptors (Lipinski definition) is 4. The third-order valence-electron chi connectivity index (χ3n) is 3.87. The summed E-state index contributed by atoms with van der Waals surface area (Å²) in [7, 11) is 0. The van der Waals surface area contributed by atoms with Crippen molar-refractivity contribution in [1.82, 2.24) is 15.3 Å². The van der Waals surface area contributed by atoms with Gasteiger partial charge in [0.05, 0.1) is 27.7 Å². The van der Waals surface area contributed by atoms with Crippen LogP contribution in [0.3, 0.4) is 0 Å². The maximum absolute atomic E-state index is 14.7. The summed E-state index contributed by atoms with van der Waals surface area (Å²) in [5, 5.41) is 16.8. The van der Waals surface area contributed by atoms with Gasteiger partial charge in [-0.1, -0.05) is 11.6 Å². The number of carbonyl (C=O) groups excluding carboxylic acids is 1. The molecule has 140 valence electrons. The minimum atomic E-state index is -0.849. The Balaban J connectivity index is 2.15. The Morgan fingerprint density at radius 2 is 1.96 bits per heavy atom. The predicted octanol–water partition coefficient (Wildman–Crippen LogP) is 4.75. The topological polar surface area (TPSA) is 79.2 Å². The molecule has 27 heavy (non-hydrogen) atoms. The lowest BCUT2D eigenvalue weighted by Crippen LogP contribution is -2.20. The van der Waals surface area contributed by atoms with Gasteiger partial charge in [-0.15, -0.1) is 0 Å². The van der Waals surface area contributed by atoms with Crippen molar-refractivity contribution in [2.75, 3.05) is 5.32 Å². The second-order valence-corrected chi connectivity index (χ2v) is 7.53. The van der Waals surface area contributed by atoms with Crippen molar-refractivity contribution in [1.29, 1.82) is 0 Å². The SMILES string of the molecule is Cc1cc(C)n(-c2cc(Nc3ccc(I)cc3Cl)c(C(=O)NO)cc2F)n1. The smallest absolute Gasteiger partial charge is 0.276 e. The summed E-state index contributed by atoms with van der Waals surface area (Å²) in [5.41, 5.74) is 3.91. The number of hydrogen-bond donors (Lipinski definition) is 3. The number of anilines is 2. The fraction of sp³-hybridized carbons (Fsp3) is 0.111. The van der Waals surface area contributed by atoms with Gasteiger partial charge in [0.15, 0.2) is 0 Å². The van der Waals surface area contributed by atoms with E-state index in [2.05, 4.69) is 33.0 Å². The Hall–Kier alpha value is -2.17. The number of rotatable bonds is 4. The van der Waals surface area contributed by atoms with E-state index >= 15 is 0 Å². The second kappa shape index (κ2) is 7.83. The molecule has 0 radical (unpaired) electrons. The Morgan fingerprint density at radius 3 is 2.56 bits per heavy atom. The minimum Gasteiger partial charge on any atom is -0.354 e. The first kappa shape index (κ1) is 19.6. The van der Waals surface area contributed by atoms with E-state index < -0.39 is 11.7 Å². The van der Waals surface area contributed by atoms with E-state index in [1.54, 1.807) is 26.0 Å². The zero-order valence-electron chi connectivity index (χ0n) is 14.3. The van der Waals surface area contributed by atoms with E-state index in [9.17, 15) is 9.18 Å². The quantitative estimate of drug-likeness (QED) is 0.274. The molecular formula is C18H15ClFIN4O2. The minimum absolute atomic E-state index is 0.0742. The number of aromatic nitrogens is 2. The van der Waals surface area contributed by atoms with Crippen LogP contribution in [0, 0.1) is 23.2 Å². The van der Waals surface area contributed by atoms with Crippen molar-refractivity contribution in [2.24, 2.45) is 0 Å². The van der Waals surface area contributed by atoms with Crippen LogP contribution in [0.4, 0.5) is 15.8 Å². The van der Waals surface area contributed by atoms with Crippen LogP contribution in [0.1, 0.15) is 21.7 Å². The molecule has 3 N–H and O–H groups in total. The van der Waals surface area contributed by atoms with Crippen molar-refractivity contribution in [3.8, 4) is 5.69 Å². The molecule has 0 saturated heterocycles. The molecule has 0 aliphatic carbocycles. The van der Waals surface area contributed by atoms with Crippen molar-refractivity contribution in [3.63, 3.8) is 0 Å². The highest BCUT2D eigenvalue weighted by Gasteiger charge is 2.19. The predicted molar refractivity (Wildman–Crippen MR) is 110 cm³/mol. The Morgan fingerprint density at radius 1 is 1.22 bits per heavy atom. The molecule has 0 saturated carbocycles. The van der Waals surface area contributed by atoms with Crippen LogP contribution >= 0.6 is 34.2 Å². The third-order valence-corrected chi connectivity index (χ3v) is 4.86. The number of nitrogens with zero attached hydrogens (tertiary/aromatic N) is 2. The van der Waals surface area contributed by atoms with Crippen LogP contribution < -0.4 is 10.8 Å². The molecule has 0 aliphatic heterocycles. The maximum Gasteiger partial charge on any atom is 0.276 e. The number of hydroxylamine groups is 1. The van der Waals surface area contributed by atoms with Crippen molar-refractivity contribution >= 4 is 51.5 Å². The van der Waals surface area contributed by atoms with Gasteiger partial charge in [-0.25, -0.2) is 14.6 Å². The van der Waals surface area contributed by atoms with Gasteiger partial charge in [0.25, 0.3) is 5.91 Å². The number of benzene rings is 2. The van der Waals surface area contributed by atoms with Crippen molar-refractivity contribution < 1.29 is 14.4 Å². The molecule has 9 heteroatoms. The highest BCUT2D eigenvalue weighted by molar-refractivity contribution is 14.1. The number of aryl methyl sites for hydroxylation is 2. The normalized spacial score (nSPS) is 10.7. The molecule has 0 bridgehead atoms. The van der Waals surface area contributed by atoms with Gasteiger partial charge in [-0.3, -0.25) is 10.0 Å². The number of halogens is 3. The van der Waals surface area contributed by atoms with Crippen molar-refractivity contribution in [3.05, 3.63) is 67.8 Å². The molecule has 3 aromatic rings. The van der Waals surface area contributed by atoms with Gasteiger partial charge in [0.2, 0.25) is 0 Å². The van der Waals surface area contributed by atoms with Crippen LogP contribution in [0.2, 0.25) is 5.02 Å². The molecular weight excluding hydrogens is 486 g/mol. The average molecular weight is 501 g/mol. The fourth-order valence-corrected chi connectivity index (χ4v) is 3.59. The summed E-state index contributed by atoms with van der Waals surface area (Å²) in [5.74, 6) is -1.50. The van der Waals surface area contributed by atoms with E-state index in [4.69, 9.17) is 16.8 Å². The lowest BCUT2D eigenvalue weighted by Gasteiger charge is -2.15. The maximum atomic E-state index is 14.7. The molecule has 1 aromatic heterocycles. The van der Waals surface area contributed by atoms with Crippen molar-refractivity contribution in [2.45, 2.75) is 13.8 Å². The molecule has 2 aromatic carbocycles. The van der Waals surface area contributed by atoms with E-state index in [0.717, 1.165) is 21.0 Å². The Bertz CT molecular complexity index is 1040. The van der Waals surface area contributed by atoms with Gasteiger partial charge in [-0.2, -0.15) is 5.10 Å². The highest BCUT2D eigenvalue weighted by atomic mass is 127. The standard InChI is InChI=1S/C18H15ClFIN4O2/c1-9-5-10(2)25(23-9)17-8-16(12(7-14(17)20)18(26)24-27)22-15-4-3-11(21)6-13(15)19/h3-8,22,27H,1-2H3,(H,24,26). The molecule has 0 atom stereocenters. The molecule has 1 amide bonds. The van der Waals surface area contributed by atoms with Crippen LogP contribution in [0.25, 0.3) is 5.69 Å². The monoisotopic (exact) mass is 500 g/mol. The fourth-order valence-electron chi connectivity index (χ4n) is 2.68. The first-order chi connectivity index (χ1) is 12.8. The zero-order chi connectivity index (χ0) is 19.7. The Labute approximate surface area is 173 Å². The Kier molecular flexibility index (Phi) is 5.68. The lowest BCUT2D eigenvalue weighted by molar-refractivity contribution is 0.0707. The summed E-state index contributed by atoms with van der Waals surface area (Å²) in [6.07, 6.45) is 0. The van der Waals surface area contributed by atoms with Crippen LogP contribution in [0.5, 0.6) is 0 Å². The molecule has 1 heterocycles. The van der Waals surface area contributed by atoms with Gasteiger partial charge in [0, 0.05) is 9.26 Å². The van der Waals surface area contributed by atoms with E-state index in [1.807, 2.05) is 12.1 Å². The number of amides is 1. The lowest BCUT2D eigenvalue weighted by atomic mass is 10.1. The van der Waals surface area contributed by atoms with E-state index in [-0.39, 0.29) is 16.9 Å². The summed E-state index contributed by atoms with van der Waals surface area (Å²) < 4.78 is 17.1. The number of carbonyl (C=O) groups is 1. The molecule has 6 nitrogen and oxygen atoms in total. The number of nitrogens with one attached hydrogen (secondary N) is 2. The average Bonchev–Trinajstić information content (AvgIpc) is 2.95. The molecule has 0 spiro atoms. The summed E-state index contributed by atoms with van der Waals surface area (Å²) in [6.45, 7) is 3.61. The first-order valence-corrected chi connectivity index (χ1v) is 9.29. The van der Waals surface area contributed by atoms with Gasteiger partial charge in [0.1, 0.15) is 11.5 Å². The van der Waals surface area contributed by atoms with Gasteiger partial charge < -0.3 is 5.32 Å². The summed E-state index contributed by atoms with van der Waals surface area (Å²) in [4.78, 5) is 12.0. The second-order valence-electron chi connectivity index (χ2n) is 5.88. The van der Waals surface area contributed by atoms with Crippen LogP contribution in [-0.2, 0) is 0 Å². The van der Waals surface area contributed by atoms with Gasteiger partial charge >= 0.3 is 0 Å². The molecule has 0 fully saturated rings. The molecule has 0 aliphatic rings.